The van der Waals surface area contributed by atoms with E-state index in [1.807, 2.05) is 12.1 Å². The number of rotatable bonds is 6. The highest BCUT2D eigenvalue weighted by Gasteiger charge is 2.03. The largest absolute Gasteiger partial charge is 0.481 e. The van der Waals surface area contributed by atoms with Crippen LogP contribution < -0.4 is 10.1 Å². The summed E-state index contributed by atoms with van der Waals surface area (Å²) >= 11 is 0. The maximum atomic E-state index is 11.3. The highest BCUT2D eigenvalue weighted by molar-refractivity contribution is 5.75. The van der Waals surface area contributed by atoms with E-state index in [-0.39, 0.29) is 5.91 Å². The van der Waals surface area contributed by atoms with Gasteiger partial charge >= 0.3 is 0 Å². The van der Waals surface area contributed by atoms with Crippen molar-refractivity contribution >= 4 is 5.91 Å². The first-order valence-corrected chi connectivity index (χ1v) is 5.54. The van der Waals surface area contributed by atoms with Crippen LogP contribution in [-0.4, -0.2) is 43.5 Å². The van der Waals surface area contributed by atoms with Gasteiger partial charge < -0.3 is 15.0 Å². The smallest absolute Gasteiger partial charge is 0.223 e. The molecule has 17 heavy (non-hydrogen) atoms. The lowest BCUT2D eigenvalue weighted by Gasteiger charge is -2.10. The lowest BCUT2D eigenvalue weighted by molar-refractivity contribution is -0.128. The van der Waals surface area contributed by atoms with Crippen LogP contribution in [0.25, 0.3) is 0 Å². The summed E-state index contributed by atoms with van der Waals surface area (Å²) in [5.74, 6) is 0.727. The fraction of sp³-hybridized carbons (Fsp3) is 0.500. The number of carbonyl (C=O) groups is 1. The number of aromatic nitrogens is 1. The summed E-state index contributed by atoms with van der Waals surface area (Å²) in [6.07, 6.45) is 0.497. The number of methoxy groups -OCH3 is 1. The van der Waals surface area contributed by atoms with Crippen molar-refractivity contribution in [2.24, 2.45) is 0 Å². The van der Waals surface area contributed by atoms with Crippen LogP contribution in [0.4, 0.5) is 0 Å². The van der Waals surface area contributed by atoms with E-state index < -0.39 is 0 Å². The third-order valence-electron chi connectivity index (χ3n) is 2.31. The molecular weight excluding hydrogens is 218 g/mol. The molecule has 0 saturated heterocycles. The molecule has 1 aromatic rings. The summed E-state index contributed by atoms with van der Waals surface area (Å²) < 4.78 is 5.03. The van der Waals surface area contributed by atoms with Crippen molar-refractivity contribution < 1.29 is 9.53 Å². The molecule has 0 fully saturated rings. The summed E-state index contributed by atoms with van der Waals surface area (Å²) in [6.45, 7) is 1.29. The third kappa shape index (κ3) is 4.82. The second-order valence-corrected chi connectivity index (χ2v) is 3.89. The van der Waals surface area contributed by atoms with Crippen molar-refractivity contribution in [2.45, 2.75) is 13.0 Å². The average Bonchev–Trinajstić information content (AvgIpc) is 2.34. The van der Waals surface area contributed by atoms with E-state index in [4.69, 9.17) is 4.74 Å². The van der Waals surface area contributed by atoms with Crippen molar-refractivity contribution in [3.8, 4) is 5.88 Å². The van der Waals surface area contributed by atoms with Gasteiger partial charge in [0.2, 0.25) is 11.8 Å². The average molecular weight is 237 g/mol. The Labute approximate surface area is 102 Å². The molecule has 1 N–H and O–H groups in total. The van der Waals surface area contributed by atoms with Crippen molar-refractivity contribution in [2.75, 3.05) is 27.7 Å². The fourth-order valence-corrected chi connectivity index (χ4v) is 1.31. The third-order valence-corrected chi connectivity index (χ3v) is 2.31. The summed E-state index contributed by atoms with van der Waals surface area (Å²) in [5, 5.41) is 3.17. The first-order chi connectivity index (χ1) is 8.13. The zero-order chi connectivity index (χ0) is 12.7. The molecular formula is C12H19N3O2. The van der Waals surface area contributed by atoms with Gasteiger partial charge in [0.25, 0.3) is 0 Å². The predicted molar refractivity (Wildman–Crippen MR) is 65.8 cm³/mol. The Hall–Kier alpha value is -1.62. The van der Waals surface area contributed by atoms with E-state index in [0.29, 0.717) is 25.4 Å². The second-order valence-electron chi connectivity index (χ2n) is 3.89. The Morgan fingerprint density at radius 2 is 2.24 bits per heavy atom. The number of carbonyl (C=O) groups excluding carboxylic acids is 1. The van der Waals surface area contributed by atoms with E-state index in [1.165, 1.54) is 0 Å². The molecule has 0 aliphatic rings. The number of ether oxygens (including phenoxy) is 1. The van der Waals surface area contributed by atoms with Crippen molar-refractivity contribution in [3.63, 3.8) is 0 Å². The lowest BCUT2D eigenvalue weighted by atomic mass is 10.3. The first-order valence-electron chi connectivity index (χ1n) is 5.54. The Kier molecular flexibility index (Phi) is 5.42. The SMILES string of the molecule is COc1cccc(CNCCC(=O)N(C)C)n1. The minimum atomic E-state index is 0.121. The molecule has 1 amide bonds. The van der Waals surface area contributed by atoms with Gasteiger partial charge in [-0.3, -0.25) is 4.79 Å². The molecule has 1 aromatic heterocycles. The van der Waals surface area contributed by atoms with Gasteiger partial charge in [0, 0.05) is 39.7 Å². The highest BCUT2D eigenvalue weighted by atomic mass is 16.5. The van der Waals surface area contributed by atoms with E-state index in [2.05, 4.69) is 10.3 Å². The standard InChI is InChI=1S/C12H19N3O2/c1-15(2)12(16)7-8-13-9-10-5-4-6-11(14-10)17-3/h4-6,13H,7-9H2,1-3H3. The summed E-state index contributed by atoms with van der Waals surface area (Å²) in [5.41, 5.74) is 0.904. The summed E-state index contributed by atoms with van der Waals surface area (Å²) in [7, 11) is 5.10. The zero-order valence-electron chi connectivity index (χ0n) is 10.6. The molecule has 94 valence electrons. The van der Waals surface area contributed by atoms with Gasteiger partial charge in [-0.2, -0.15) is 0 Å². The summed E-state index contributed by atoms with van der Waals surface area (Å²) in [4.78, 5) is 17.2. The number of hydrogen-bond acceptors (Lipinski definition) is 4. The zero-order valence-corrected chi connectivity index (χ0v) is 10.6. The number of hydrogen-bond donors (Lipinski definition) is 1. The number of pyridine rings is 1. The number of nitrogens with one attached hydrogen (secondary N) is 1. The maximum absolute atomic E-state index is 11.3. The van der Waals surface area contributed by atoms with Crippen LogP contribution in [0.3, 0.4) is 0 Å². The van der Waals surface area contributed by atoms with E-state index in [1.54, 1.807) is 32.2 Å². The maximum Gasteiger partial charge on any atom is 0.223 e. The molecule has 0 bridgehead atoms. The van der Waals surface area contributed by atoms with Gasteiger partial charge in [-0.15, -0.1) is 0 Å². The van der Waals surface area contributed by atoms with Crippen LogP contribution in [-0.2, 0) is 11.3 Å². The predicted octanol–water partition coefficient (Wildman–Crippen LogP) is 0.658. The van der Waals surface area contributed by atoms with Crippen LogP contribution in [0.5, 0.6) is 5.88 Å². The fourth-order valence-electron chi connectivity index (χ4n) is 1.31. The number of nitrogens with zero attached hydrogens (tertiary/aromatic N) is 2. The monoisotopic (exact) mass is 237 g/mol. The second kappa shape index (κ2) is 6.85. The molecule has 0 saturated carbocycles. The van der Waals surface area contributed by atoms with Gasteiger partial charge in [0.15, 0.2) is 0 Å². The Balaban J connectivity index is 2.28. The first kappa shape index (κ1) is 13.4. The minimum Gasteiger partial charge on any atom is -0.481 e. The van der Waals surface area contributed by atoms with Gasteiger partial charge in [0.05, 0.1) is 12.8 Å². The van der Waals surface area contributed by atoms with Crippen LogP contribution in [0.2, 0.25) is 0 Å². The molecule has 0 spiro atoms. The quantitative estimate of drug-likeness (QED) is 0.738. The molecule has 5 nitrogen and oxygen atoms in total. The lowest BCUT2D eigenvalue weighted by Crippen LogP contribution is -2.26. The molecule has 5 heteroatoms. The molecule has 0 aliphatic heterocycles. The Morgan fingerprint density at radius 1 is 1.47 bits per heavy atom. The van der Waals surface area contributed by atoms with E-state index in [0.717, 1.165) is 5.69 Å². The van der Waals surface area contributed by atoms with Crippen molar-refractivity contribution in [3.05, 3.63) is 23.9 Å². The molecule has 0 unspecified atom stereocenters. The van der Waals surface area contributed by atoms with Gasteiger partial charge in [-0.05, 0) is 6.07 Å². The van der Waals surface area contributed by atoms with Crippen LogP contribution in [0, 0.1) is 0 Å². The number of amides is 1. The molecule has 1 heterocycles. The molecule has 0 aromatic carbocycles. The van der Waals surface area contributed by atoms with Gasteiger partial charge in [-0.25, -0.2) is 4.98 Å². The molecule has 0 atom stereocenters. The van der Waals surface area contributed by atoms with Gasteiger partial charge in [0.1, 0.15) is 0 Å². The molecule has 0 aliphatic carbocycles. The summed E-state index contributed by atoms with van der Waals surface area (Å²) in [6, 6.07) is 5.62. The van der Waals surface area contributed by atoms with Crippen molar-refractivity contribution in [1.82, 2.24) is 15.2 Å². The van der Waals surface area contributed by atoms with Gasteiger partial charge in [-0.1, -0.05) is 6.07 Å². The normalized spacial score (nSPS) is 10.1. The van der Waals surface area contributed by atoms with E-state index >= 15 is 0 Å². The topological polar surface area (TPSA) is 54.5 Å². The highest BCUT2D eigenvalue weighted by Crippen LogP contribution is 2.05. The van der Waals surface area contributed by atoms with Crippen molar-refractivity contribution in [1.29, 1.82) is 0 Å². The Bertz CT molecular complexity index is 367. The minimum absolute atomic E-state index is 0.121. The molecule has 1 rings (SSSR count). The van der Waals surface area contributed by atoms with Crippen LogP contribution in [0.1, 0.15) is 12.1 Å². The van der Waals surface area contributed by atoms with Crippen LogP contribution >= 0.6 is 0 Å². The molecule has 0 radical (unpaired) electrons. The van der Waals surface area contributed by atoms with Crippen LogP contribution in [0.15, 0.2) is 18.2 Å². The van der Waals surface area contributed by atoms with E-state index in [9.17, 15) is 4.79 Å². The Morgan fingerprint density at radius 3 is 2.88 bits per heavy atom.